The Morgan fingerprint density at radius 1 is 1.17 bits per heavy atom. The van der Waals surface area contributed by atoms with Gasteiger partial charge in [0.2, 0.25) is 0 Å². The molecule has 0 amide bonds. The topological polar surface area (TPSA) is 29.5 Å². The van der Waals surface area contributed by atoms with Gasteiger partial charge in [0.05, 0.1) is 7.11 Å². The smallest absolute Gasteiger partial charge is 0.123 e. The van der Waals surface area contributed by atoms with Crippen LogP contribution in [0.5, 0.6) is 5.75 Å². The summed E-state index contributed by atoms with van der Waals surface area (Å²) in [6.07, 6.45) is 6.05. The molecular weight excluding hydrogens is 284 g/mol. The van der Waals surface area contributed by atoms with E-state index in [1.165, 1.54) is 24.8 Å². The zero-order valence-corrected chi connectivity index (χ0v) is 15.4. The van der Waals surface area contributed by atoms with Gasteiger partial charge in [0.1, 0.15) is 11.5 Å². The molecular formula is C21H30O2. The van der Waals surface area contributed by atoms with E-state index in [4.69, 9.17) is 4.74 Å². The van der Waals surface area contributed by atoms with Crippen LogP contribution in [0.3, 0.4) is 0 Å². The van der Waals surface area contributed by atoms with Crippen LogP contribution >= 0.6 is 0 Å². The normalized spacial score (nSPS) is 28.8. The molecule has 0 bridgehead atoms. The fourth-order valence-corrected chi connectivity index (χ4v) is 5.14. The van der Waals surface area contributed by atoms with Crippen molar-refractivity contribution in [3.05, 3.63) is 34.9 Å². The van der Waals surface area contributed by atoms with Crippen LogP contribution in [0.25, 0.3) is 5.76 Å². The van der Waals surface area contributed by atoms with Crippen molar-refractivity contribution in [2.24, 2.45) is 11.3 Å². The van der Waals surface area contributed by atoms with Gasteiger partial charge in [0, 0.05) is 16.5 Å². The number of fused-ring (bicyclic) bond motifs is 3. The summed E-state index contributed by atoms with van der Waals surface area (Å²) in [6.45, 7) is 11.5. The van der Waals surface area contributed by atoms with Crippen molar-refractivity contribution in [2.75, 3.05) is 7.11 Å². The molecule has 1 fully saturated rings. The van der Waals surface area contributed by atoms with Crippen LogP contribution in [0.1, 0.15) is 76.5 Å². The molecule has 0 unspecified atom stereocenters. The lowest BCUT2D eigenvalue weighted by Gasteiger charge is -2.53. The molecule has 3 rings (SSSR count). The maximum absolute atomic E-state index is 10.5. The number of rotatable bonds is 2. The highest BCUT2D eigenvalue weighted by atomic mass is 16.5. The summed E-state index contributed by atoms with van der Waals surface area (Å²) in [5.74, 6) is 2.06. The Labute approximate surface area is 140 Å². The number of hydrogen-bond acceptors (Lipinski definition) is 2. The minimum atomic E-state index is 0.121. The SMILES string of the molecule is COC1=C[C@H]2C(C)(C)CCC[C@]2(C)c2ccc(O)c(C(C)C)c21. The van der Waals surface area contributed by atoms with Crippen LogP contribution in [0.15, 0.2) is 18.2 Å². The lowest BCUT2D eigenvalue weighted by atomic mass is 9.51. The average Bonchev–Trinajstić information content (AvgIpc) is 2.45. The standard InChI is InChI=1S/C21H30O2/c1-13(2)18-15(22)9-8-14-19(18)16(23-6)12-17-20(3,4)10-7-11-21(14,17)5/h8-9,12-13,17,22H,7,10-11H2,1-6H3/t17-,21+/m0/s1. The predicted octanol–water partition coefficient (Wildman–Crippen LogP) is 5.60. The number of methoxy groups -OCH3 is 1. The first-order chi connectivity index (χ1) is 10.7. The molecule has 0 aromatic heterocycles. The van der Waals surface area contributed by atoms with E-state index in [2.05, 4.69) is 46.8 Å². The zero-order valence-electron chi connectivity index (χ0n) is 15.4. The first kappa shape index (κ1) is 16.4. The van der Waals surface area contributed by atoms with E-state index in [9.17, 15) is 5.11 Å². The van der Waals surface area contributed by atoms with E-state index >= 15 is 0 Å². The van der Waals surface area contributed by atoms with Crippen LogP contribution in [0.2, 0.25) is 0 Å². The van der Waals surface area contributed by atoms with Gasteiger partial charge in [-0.05, 0) is 47.8 Å². The largest absolute Gasteiger partial charge is 0.508 e. The van der Waals surface area contributed by atoms with Crippen molar-refractivity contribution in [1.82, 2.24) is 0 Å². The molecule has 2 aliphatic rings. The summed E-state index contributed by atoms with van der Waals surface area (Å²) < 4.78 is 5.80. The average molecular weight is 314 g/mol. The van der Waals surface area contributed by atoms with Gasteiger partial charge in [-0.25, -0.2) is 0 Å². The molecule has 23 heavy (non-hydrogen) atoms. The summed E-state index contributed by atoms with van der Waals surface area (Å²) in [4.78, 5) is 0. The number of phenolic OH excluding ortho intramolecular Hbond substituents is 1. The third-order valence-electron chi connectivity index (χ3n) is 6.25. The second kappa shape index (κ2) is 5.29. The van der Waals surface area contributed by atoms with Crippen molar-refractivity contribution in [1.29, 1.82) is 0 Å². The van der Waals surface area contributed by atoms with Gasteiger partial charge in [-0.3, -0.25) is 0 Å². The third kappa shape index (κ3) is 2.29. The number of benzene rings is 1. The molecule has 2 atom stereocenters. The van der Waals surface area contributed by atoms with Gasteiger partial charge in [0.25, 0.3) is 0 Å². The van der Waals surface area contributed by atoms with Crippen LogP contribution in [0, 0.1) is 11.3 Å². The molecule has 126 valence electrons. The highest BCUT2D eigenvalue weighted by Crippen LogP contribution is 2.58. The van der Waals surface area contributed by atoms with Crippen molar-refractivity contribution >= 4 is 5.76 Å². The number of phenols is 1. The van der Waals surface area contributed by atoms with Crippen molar-refractivity contribution < 1.29 is 9.84 Å². The molecule has 1 N–H and O–H groups in total. The van der Waals surface area contributed by atoms with Crippen LogP contribution in [-0.4, -0.2) is 12.2 Å². The Bertz CT molecular complexity index is 654. The first-order valence-electron chi connectivity index (χ1n) is 8.85. The number of aromatic hydroxyl groups is 1. The van der Waals surface area contributed by atoms with E-state index in [1.807, 2.05) is 6.07 Å². The monoisotopic (exact) mass is 314 g/mol. The van der Waals surface area contributed by atoms with E-state index in [0.717, 1.165) is 16.9 Å². The first-order valence-corrected chi connectivity index (χ1v) is 8.85. The highest BCUT2D eigenvalue weighted by Gasteiger charge is 2.50. The Hall–Kier alpha value is -1.44. The molecule has 1 saturated carbocycles. The number of ether oxygens (including phenoxy) is 1. The molecule has 0 radical (unpaired) electrons. The van der Waals surface area contributed by atoms with Crippen molar-refractivity contribution in [3.8, 4) is 5.75 Å². The van der Waals surface area contributed by atoms with Crippen molar-refractivity contribution in [3.63, 3.8) is 0 Å². The molecule has 2 heteroatoms. The molecule has 1 aromatic rings. The summed E-state index contributed by atoms with van der Waals surface area (Å²) in [5.41, 5.74) is 3.91. The number of allylic oxidation sites excluding steroid dienone is 1. The van der Waals surface area contributed by atoms with Gasteiger partial charge < -0.3 is 9.84 Å². The highest BCUT2D eigenvalue weighted by molar-refractivity contribution is 5.73. The Kier molecular flexibility index (Phi) is 3.78. The second-order valence-corrected chi connectivity index (χ2v) is 8.55. The fourth-order valence-electron chi connectivity index (χ4n) is 5.14. The maximum Gasteiger partial charge on any atom is 0.123 e. The maximum atomic E-state index is 10.5. The third-order valence-corrected chi connectivity index (χ3v) is 6.25. The summed E-state index contributed by atoms with van der Waals surface area (Å²) in [7, 11) is 1.75. The lowest BCUT2D eigenvalue weighted by molar-refractivity contribution is 0.0874. The molecule has 2 nitrogen and oxygen atoms in total. The molecule has 0 spiro atoms. The zero-order chi connectivity index (χ0) is 17.0. The lowest BCUT2D eigenvalue weighted by Crippen LogP contribution is -2.46. The molecule has 0 saturated heterocycles. The van der Waals surface area contributed by atoms with Crippen LogP contribution < -0.4 is 0 Å². The molecule has 2 aliphatic carbocycles. The Morgan fingerprint density at radius 3 is 2.48 bits per heavy atom. The Morgan fingerprint density at radius 2 is 1.87 bits per heavy atom. The van der Waals surface area contributed by atoms with Gasteiger partial charge in [-0.1, -0.05) is 47.1 Å². The van der Waals surface area contributed by atoms with Crippen LogP contribution in [0.4, 0.5) is 0 Å². The van der Waals surface area contributed by atoms with Gasteiger partial charge >= 0.3 is 0 Å². The molecule has 1 aromatic carbocycles. The Balaban J connectivity index is 2.31. The van der Waals surface area contributed by atoms with Gasteiger partial charge in [0.15, 0.2) is 0 Å². The molecule has 0 heterocycles. The van der Waals surface area contributed by atoms with E-state index in [1.54, 1.807) is 7.11 Å². The molecule has 0 aliphatic heterocycles. The number of hydrogen-bond donors (Lipinski definition) is 1. The van der Waals surface area contributed by atoms with E-state index in [0.29, 0.717) is 11.7 Å². The minimum absolute atomic E-state index is 0.121. The summed E-state index contributed by atoms with van der Waals surface area (Å²) in [6, 6.07) is 4.02. The van der Waals surface area contributed by atoms with Gasteiger partial charge in [-0.2, -0.15) is 0 Å². The quantitative estimate of drug-likeness (QED) is 0.770. The fraction of sp³-hybridized carbons (Fsp3) is 0.619. The van der Waals surface area contributed by atoms with Crippen LogP contribution in [-0.2, 0) is 10.2 Å². The van der Waals surface area contributed by atoms with E-state index in [-0.39, 0.29) is 16.7 Å². The predicted molar refractivity (Wildman–Crippen MR) is 95.7 cm³/mol. The minimum Gasteiger partial charge on any atom is -0.508 e. The van der Waals surface area contributed by atoms with E-state index < -0.39 is 0 Å². The second-order valence-electron chi connectivity index (χ2n) is 8.55. The van der Waals surface area contributed by atoms with Crippen molar-refractivity contribution in [2.45, 2.75) is 65.2 Å². The van der Waals surface area contributed by atoms with Gasteiger partial charge in [-0.15, -0.1) is 0 Å². The summed E-state index contributed by atoms with van der Waals surface area (Å²) in [5, 5.41) is 10.5. The summed E-state index contributed by atoms with van der Waals surface area (Å²) >= 11 is 0.